The van der Waals surface area contributed by atoms with E-state index in [-0.39, 0.29) is 18.1 Å². The fraction of sp³-hybridized carbons (Fsp3) is 0.649. The van der Waals surface area contributed by atoms with Crippen LogP contribution in [0.25, 0.3) is 0 Å². The number of aliphatic hydroxyl groups is 1. The summed E-state index contributed by atoms with van der Waals surface area (Å²) in [5, 5.41) is 18.0. The summed E-state index contributed by atoms with van der Waals surface area (Å²) in [6.07, 6.45) is 9.22. The summed E-state index contributed by atoms with van der Waals surface area (Å²) in [6.45, 7) is 6.48. The monoisotopic (exact) mass is 623 g/mol. The molecule has 1 aliphatic carbocycles. The minimum atomic E-state index is -0.667. The van der Waals surface area contributed by atoms with E-state index < -0.39 is 6.10 Å². The first-order valence-corrected chi connectivity index (χ1v) is 17.2. The average molecular weight is 624 g/mol. The van der Waals surface area contributed by atoms with Crippen LogP contribution in [0, 0.1) is 18.8 Å². The highest BCUT2D eigenvalue weighted by Crippen LogP contribution is 2.33. The number of carbonyl (C=O) groups excluding carboxylic acids is 1. The molecular weight excluding hydrogens is 566 g/mol. The van der Waals surface area contributed by atoms with Crippen LogP contribution in [-0.2, 0) is 20.8 Å². The van der Waals surface area contributed by atoms with Crippen molar-refractivity contribution in [3.63, 3.8) is 0 Å². The van der Waals surface area contributed by atoms with Gasteiger partial charge in [0.25, 0.3) is 0 Å². The first-order chi connectivity index (χ1) is 21.9. The summed E-state index contributed by atoms with van der Waals surface area (Å²) in [7, 11) is 3.40. The average Bonchev–Trinajstić information content (AvgIpc) is 3.05. The van der Waals surface area contributed by atoms with Crippen molar-refractivity contribution in [3.8, 4) is 5.75 Å². The lowest BCUT2D eigenvalue weighted by Crippen LogP contribution is -2.52. The molecule has 1 amide bonds. The number of benzene rings is 2. The minimum Gasteiger partial charge on any atom is -0.497 e. The van der Waals surface area contributed by atoms with Crippen LogP contribution in [0.3, 0.4) is 0 Å². The number of hydrogen-bond acceptors (Lipinski definition) is 7. The van der Waals surface area contributed by atoms with Gasteiger partial charge >= 0.3 is 0 Å². The number of nitrogens with one attached hydrogen (secondary N) is 2. The molecule has 4 rings (SSSR count). The molecule has 45 heavy (non-hydrogen) atoms. The second-order valence-corrected chi connectivity index (χ2v) is 13.2. The molecule has 250 valence electrons. The Morgan fingerprint density at radius 3 is 2.58 bits per heavy atom. The van der Waals surface area contributed by atoms with Gasteiger partial charge < -0.3 is 30.0 Å². The van der Waals surface area contributed by atoms with E-state index in [0.717, 1.165) is 55.6 Å². The summed E-state index contributed by atoms with van der Waals surface area (Å²) in [6, 6.07) is 16.3. The van der Waals surface area contributed by atoms with Crippen LogP contribution in [0.15, 0.2) is 48.5 Å². The molecule has 1 heterocycles. The van der Waals surface area contributed by atoms with E-state index in [9.17, 15) is 9.90 Å². The van der Waals surface area contributed by atoms with E-state index in [0.29, 0.717) is 44.7 Å². The van der Waals surface area contributed by atoms with E-state index in [2.05, 4.69) is 52.8 Å². The molecule has 4 atom stereocenters. The van der Waals surface area contributed by atoms with Crippen LogP contribution in [0.1, 0.15) is 80.6 Å². The molecule has 2 aromatic carbocycles. The Hall–Kier alpha value is -2.49. The summed E-state index contributed by atoms with van der Waals surface area (Å²) < 4.78 is 17.1. The highest BCUT2D eigenvalue weighted by atomic mass is 16.5. The number of rotatable bonds is 18. The molecule has 0 bridgehead atoms. The van der Waals surface area contributed by atoms with Crippen molar-refractivity contribution in [1.29, 1.82) is 0 Å². The van der Waals surface area contributed by atoms with Crippen LogP contribution < -0.4 is 15.4 Å². The zero-order valence-electron chi connectivity index (χ0n) is 27.8. The maximum Gasteiger partial charge on any atom is 0.234 e. The number of ether oxygens (including phenoxy) is 3. The molecule has 8 nitrogen and oxygen atoms in total. The predicted octanol–water partition coefficient (Wildman–Crippen LogP) is 5.42. The number of aliphatic hydroxyl groups excluding tert-OH is 1. The van der Waals surface area contributed by atoms with Gasteiger partial charge in [0.1, 0.15) is 5.75 Å². The molecule has 1 saturated heterocycles. The standard InChI is InChI=1S/C37H57N3O5/c1-28-20-30(22-33(21-28)44-3)24-38-25-35(41)34(23-29-12-6-4-7-13-29)39-36(42)27-40-17-10-16-32(26-40)37(45-19-11-18-43-2)31-14-8-5-9-15-31/h5,8-9,14-15,20-22,29,32,34-35,37-38,41H,4,6-7,10-13,16-19,23-27H2,1-3H3,(H,39,42)/t32-,34+,35-,37+/m1/s1. The summed E-state index contributed by atoms with van der Waals surface area (Å²) >= 11 is 0. The number of likely N-dealkylation sites (tertiary alicyclic amines) is 1. The third-order valence-corrected chi connectivity index (χ3v) is 9.41. The van der Waals surface area contributed by atoms with Gasteiger partial charge in [-0.3, -0.25) is 9.69 Å². The smallest absolute Gasteiger partial charge is 0.234 e. The highest BCUT2D eigenvalue weighted by molar-refractivity contribution is 5.78. The molecule has 1 aliphatic heterocycles. The Labute approximate surface area is 271 Å². The van der Waals surface area contributed by atoms with E-state index >= 15 is 0 Å². The number of amides is 1. The maximum absolute atomic E-state index is 13.5. The number of carbonyl (C=O) groups is 1. The van der Waals surface area contributed by atoms with Crippen molar-refractivity contribution in [1.82, 2.24) is 15.5 Å². The van der Waals surface area contributed by atoms with Crippen LogP contribution in [-0.4, -0.2) is 81.7 Å². The van der Waals surface area contributed by atoms with E-state index in [1.807, 2.05) is 18.2 Å². The van der Waals surface area contributed by atoms with Gasteiger partial charge in [0.15, 0.2) is 0 Å². The number of nitrogens with zero attached hydrogens (tertiary/aromatic N) is 1. The Balaban J connectivity index is 1.34. The van der Waals surface area contributed by atoms with Gasteiger partial charge in [0.2, 0.25) is 5.91 Å². The van der Waals surface area contributed by atoms with Gasteiger partial charge in [0.05, 0.1) is 31.9 Å². The molecule has 3 N–H and O–H groups in total. The van der Waals surface area contributed by atoms with Crippen LogP contribution in [0.2, 0.25) is 0 Å². The van der Waals surface area contributed by atoms with Gasteiger partial charge in [-0.2, -0.15) is 0 Å². The van der Waals surface area contributed by atoms with Gasteiger partial charge in [-0.25, -0.2) is 0 Å². The normalized spacial score (nSPS) is 20.0. The van der Waals surface area contributed by atoms with E-state index in [1.165, 1.54) is 37.7 Å². The molecule has 2 aliphatic rings. The highest BCUT2D eigenvalue weighted by Gasteiger charge is 2.31. The van der Waals surface area contributed by atoms with Crippen molar-refractivity contribution in [2.75, 3.05) is 53.6 Å². The Kier molecular flexibility index (Phi) is 15.1. The quantitative estimate of drug-likeness (QED) is 0.191. The van der Waals surface area contributed by atoms with Crippen molar-refractivity contribution in [3.05, 3.63) is 65.2 Å². The molecule has 2 aromatic rings. The number of aryl methyl sites for hydroxylation is 1. The molecule has 2 fully saturated rings. The van der Waals surface area contributed by atoms with Gasteiger partial charge in [-0.1, -0.05) is 68.5 Å². The largest absolute Gasteiger partial charge is 0.497 e. The summed E-state index contributed by atoms with van der Waals surface area (Å²) in [4.78, 5) is 15.8. The second-order valence-electron chi connectivity index (χ2n) is 13.2. The SMILES string of the molecule is COCCCO[C@@H](c1ccccc1)[C@@H]1CCCN(CC(=O)N[C@@H](CC2CCCCC2)[C@H](O)CNCc2cc(C)cc(OC)c2)C1. The maximum atomic E-state index is 13.5. The molecule has 0 spiro atoms. The predicted molar refractivity (Wildman–Crippen MR) is 179 cm³/mol. The van der Waals surface area contributed by atoms with Crippen LogP contribution >= 0.6 is 0 Å². The molecular formula is C37H57N3O5. The van der Waals surface area contributed by atoms with E-state index in [4.69, 9.17) is 14.2 Å². The Bertz CT molecular complexity index is 1130. The van der Waals surface area contributed by atoms with Gasteiger partial charge in [-0.15, -0.1) is 0 Å². The third kappa shape index (κ3) is 12.0. The number of piperidine rings is 1. The van der Waals surface area contributed by atoms with Crippen molar-refractivity contribution in [2.24, 2.45) is 11.8 Å². The van der Waals surface area contributed by atoms with Crippen LogP contribution in [0.4, 0.5) is 0 Å². The Morgan fingerprint density at radius 1 is 1.02 bits per heavy atom. The fourth-order valence-electron chi connectivity index (χ4n) is 7.14. The minimum absolute atomic E-state index is 0.00351. The van der Waals surface area contributed by atoms with Crippen molar-refractivity contribution < 1.29 is 24.1 Å². The molecule has 1 saturated carbocycles. The number of hydrogen-bond donors (Lipinski definition) is 3. The molecule has 0 radical (unpaired) electrons. The lowest BCUT2D eigenvalue weighted by Gasteiger charge is -2.37. The molecule has 0 unspecified atom stereocenters. The third-order valence-electron chi connectivity index (χ3n) is 9.41. The summed E-state index contributed by atoms with van der Waals surface area (Å²) in [5.74, 6) is 1.68. The molecule has 8 heteroatoms. The van der Waals surface area contributed by atoms with Gasteiger partial charge in [-0.05, 0) is 73.9 Å². The first-order valence-electron chi connectivity index (χ1n) is 17.2. The zero-order chi connectivity index (χ0) is 31.9. The molecule has 0 aromatic heterocycles. The van der Waals surface area contributed by atoms with Crippen molar-refractivity contribution in [2.45, 2.75) is 89.5 Å². The zero-order valence-corrected chi connectivity index (χ0v) is 27.8. The van der Waals surface area contributed by atoms with Crippen molar-refractivity contribution >= 4 is 5.91 Å². The lowest BCUT2D eigenvalue weighted by atomic mass is 9.83. The number of methoxy groups -OCH3 is 2. The Morgan fingerprint density at radius 2 is 1.82 bits per heavy atom. The lowest BCUT2D eigenvalue weighted by molar-refractivity contribution is -0.125. The van der Waals surface area contributed by atoms with E-state index in [1.54, 1.807) is 14.2 Å². The first kappa shape index (κ1) is 35.4. The fourth-order valence-corrected chi connectivity index (χ4v) is 7.14. The second kappa shape index (κ2) is 19.2. The van der Waals surface area contributed by atoms with Gasteiger partial charge in [0, 0.05) is 45.9 Å². The van der Waals surface area contributed by atoms with Crippen LogP contribution in [0.5, 0.6) is 5.75 Å². The summed E-state index contributed by atoms with van der Waals surface area (Å²) in [5.41, 5.74) is 3.45. The topological polar surface area (TPSA) is 92.3 Å².